The smallest absolute Gasteiger partial charge is 0.258 e. The van der Waals surface area contributed by atoms with E-state index in [0.717, 1.165) is 6.07 Å². The van der Waals surface area contributed by atoms with E-state index in [-0.39, 0.29) is 36.3 Å². The highest BCUT2D eigenvalue weighted by molar-refractivity contribution is 6.30. The Labute approximate surface area is 195 Å². The molecule has 0 aliphatic heterocycles. The summed E-state index contributed by atoms with van der Waals surface area (Å²) < 4.78 is 18.9. The lowest BCUT2D eigenvalue weighted by Gasteiger charge is -2.56. The molecule has 3 aliphatic carbocycles. The van der Waals surface area contributed by atoms with Crippen molar-refractivity contribution in [2.75, 3.05) is 6.61 Å². The number of nitrogens with one attached hydrogen (secondary N) is 2. The predicted octanol–water partition coefficient (Wildman–Crippen LogP) is 2.11. The molecule has 176 valence electrons. The van der Waals surface area contributed by atoms with E-state index in [9.17, 15) is 24.2 Å². The Kier molecular flexibility index (Phi) is 6.56. The maximum absolute atomic E-state index is 13.5. The van der Waals surface area contributed by atoms with E-state index >= 15 is 0 Å². The van der Waals surface area contributed by atoms with Crippen molar-refractivity contribution in [2.45, 2.75) is 55.9 Å². The Hall–Kier alpha value is -2.75. The molecule has 0 saturated heterocycles. The van der Waals surface area contributed by atoms with Crippen LogP contribution in [-0.2, 0) is 11.4 Å². The van der Waals surface area contributed by atoms with Gasteiger partial charge >= 0.3 is 0 Å². The first kappa shape index (κ1) is 23.4. The maximum Gasteiger partial charge on any atom is 0.258 e. The molecule has 2 aromatic rings. The highest BCUT2D eigenvalue weighted by Gasteiger charge is 2.55. The first-order valence-corrected chi connectivity index (χ1v) is 11.1. The SMILES string of the molecule is O=C(COc1ccc(Cl)c(F)c1)NC12CCC(NC(=O)c3cccnc3CO)(CC1)C[C@@H]2O. The maximum atomic E-state index is 13.5. The second-order valence-electron chi connectivity index (χ2n) is 8.68. The van der Waals surface area contributed by atoms with E-state index in [1.165, 1.54) is 18.3 Å². The molecule has 10 heteroatoms. The molecule has 8 nitrogen and oxygen atoms in total. The molecule has 1 aromatic heterocycles. The number of rotatable bonds is 7. The van der Waals surface area contributed by atoms with Crippen molar-refractivity contribution in [1.29, 1.82) is 0 Å². The third-order valence-corrected chi connectivity index (χ3v) is 6.94. The molecule has 0 unspecified atom stereocenters. The minimum atomic E-state index is -0.858. The Bertz CT molecular complexity index is 1060. The minimum Gasteiger partial charge on any atom is -0.484 e. The third kappa shape index (κ3) is 4.80. The Balaban J connectivity index is 1.36. The highest BCUT2D eigenvalue weighted by atomic mass is 35.5. The zero-order valence-corrected chi connectivity index (χ0v) is 18.6. The van der Waals surface area contributed by atoms with Gasteiger partial charge in [0.2, 0.25) is 0 Å². The number of fused-ring (bicyclic) bond motifs is 3. The number of carbonyl (C=O) groups is 2. The summed E-state index contributed by atoms with van der Waals surface area (Å²) in [5.41, 5.74) is -0.804. The number of hydrogen-bond donors (Lipinski definition) is 4. The van der Waals surface area contributed by atoms with E-state index in [2.05, 4.69) is 15.6 Å². The number of halogens is 2. The van der Waals surface area contributed by atoms with Crippen molar-refractivity contribution in [1.82, 2.24) is 15.6 Å². The Morgan fingerprint density at radius 1 is 1.21 bits per heavy atom. The van der Waals surface area contributed by atoms with Crippen LogP contribution in [0.15, 0.2) is 36.5 Å². The highest BCUT2D eigenvalue weighted by Crippen LogP contribution is 2.47. The van der Waals surface area contributed by atoms with Crippen molar-refractivity contribution in [3.8, 4) is 5.75 Å². The largest absolute Gasteiger partial charge is 0.484 e. The van der Waals surface area contributed by atoms with Crippen LogP contribution < -0.4 is 15.4 Å². The van der Waals surface area contributed by atoms with Crippen molar-refractivity contribution in [3.05, 3.63) is 58.6 Å². The number of carbonyl (C=O) groups excluding carboxylic acids is 2. The number of aliphatic hydroxyl groups is 2. The molecule has 0 radical (unpaired) electrons. The number of amides is 2. The van der Waals surface area contributed by atoms with Crippen LogP contribution in [0.2, 0.25) is 5.02 Å². The van der Waals surface area contributed by atoms with Gasteiger partial charge in [0, 0.05) is 17.8 Å². The zero-order chi connectivity index (χ0) is 23.6. The number of benzene rings is 1. The first-order valence-electron chi connectivity index (χ1n) is 10.7. The molecule has 2 bridgehead atoms. The topological polar surface area (TPSA) is 121 Å². The molecule has 2 amide bonds. The third-order valence-electron chi connectivity index (χ3n) is 6.63. The van der Waals surface area contributed by atoms with Gasteiger partial charge in [0.1, 0.15) is 11.6 Å². The minimum absolute atomic E-state index is 0.0371. The van der Waals surface area contributed by atoms with Gasteiger partial charge in [-0.05, 0) is 56.4 Å². The molecule has 1 heterocycles. The molecule has 3 fully saturated rings. The van der Waals surface area contributed by atoms with Gasteiger partial charge in [-0.1, -0.05) is 11.6 Å². The number of pyridine rings is 1. The number of nitrogens with zero attached hydrogens (tertiary/aromatic N) is 1. The van der Waals surface area contributed by atoms with Crippen molar-refractivity contribution >= 4 is 23.4 Å². The van der Waals surface area contributed by atoms with Crippen LogP contribution in [0.5, 0.6) is 5.75 Å². The van der Waals surface area contributed by atoms with Gasteiger partial charge in [0.25, 0.3) is 11.8 Å². The van der Waals surface area contributed by atoms with E-state index in [0.29, 0.717) is 36.9 Å². The van der Waals surface area contributed by atoms with Crippen LogP contribution in [0.25, 0.3) is 0 Å². The average molecular weight is 478 g/mol. The van der Waals surface area contributed by atoms with Crippen LogP contribution in [0.1, 0.15) is 48.2 Å². The average Bonchev–Trinajstić information content (AvgIpc) is 2.81. The second-order valence-corrected chi connectivity index (χ2v) is 9.09. The quantitative estimate of drug-likeness (QED) is 0.484. The number of aromatic nitrogens is 1. The molecular formula is C23H25ClFN3O5. The summed E-state index contributed by atoms with van der Waals surface area (Å²) in [5, 5.41) is 26.2. The normalized spacial score (nSPS) is 26.0. The summed E-state index contributed by atoms with van der Waals surface area (Å²) in [7, 11) is 0. The fraction of sp³-hybridized carbons (Fsp3) is 0.435. The standard InChI is InChI=1S/C23H25ClFN3O5/c24-16-4-3-14(10-17(16)25)33-13-20(31)27-23-7-5-22(6-8-23,11-19(23)30)28-21(32)15-2-1-9-26-18(15)12-29/h1-4,9-10,19,29-30H,5-8,11-13H2,(H,27,31)(H,28,32)/t19-,22?,23?/m0/s1. The number of hydrogen-bond acceptors (Lipinski definition) is 6. The van der Waals surface area contributed by atoms with Gasteiger partial charge in [-0.3, -0.25) is 14.6 Å². The molecular weight excluding hydrogens is 453 g/mol. The van der Waals surface area contributed by atoms with Crippen LogP contribution in [0, 0.1) is 5.82 Å². The molecule has 0 spiro atoms. The van der Waals surface area contributed by atoms with Gasteiger partial charge in [-0.2, -0.15) is 0 Å². The summed E-state index contributed by atoms with van der Waals surface area (Å²) in [5.74, 6) is -1.23. The van der Waals surface area contributed by atoms with Gasteiger partial charge in [-0.25, -0.2) is 4.39 Å². The monoisotopic (exact) mass is 477 g/mol. The molecule has 33 heavy (non-hydrogen) atoms. The van der Waals surface area contributed by atoms with E-state index < -0.39 is 28.9 Å². The lowest BCUT2D eigenvalue weighted by Crippen LogP contribution is -2.70. The van der Waals surface area contributed by atoms with E-state index in [1.807, 2.05) is 0 Å². The van der Waals surface area contributed by atoms with Gasteiger partial charge in [-0.15, -0.1) is 0 Å². The number of aliphatic hydroxyl groups excluding tert-OH is 2. The Morgan fingerprint density at radius 3 is 2.64 bits per heavy atom. The van der Waals surface area contributed by atoms with Gasteiger partial charge in [0.15, 0.2) is 6.61 Å². The molecule has 1 aromatic carbocycles. The van der Waals surface area contributed by atoms with Crippen molar-refractivity contribution in [3.63, 3.8) is 0 Å². The lowest BCUT2D eigenvalue weighted by atomic mass is 9.60. The summed E-state index contributed by atoms with van der Waals surface area (Å²) in [6.07, 6.45) is 3.06. The summed E-state index contributed by atoms with van der Waals surface area (Å²) >= 11 is 5.64. The zero-order valence-electron chi connectivity index (χ0n) is 17.8. The van der Waals surface area contributed by atoms with Gasteiger partial charge < -0.3 is 25.6 Å². The van der Waals surface area contributed by atoms with E-state index in [1.54, 1.807) is 12.1 Å². The van der Waals surface area contributed by atoms with Crippen LogP contribution >= 0.6 is 11.6 Å². The van der Waals surface area contributed by atoms with Crippen molar-refractivity contribution < 1.29 is 28.9 Å². The molecule has 3 saturated carbocycles. The predicted molar refractivity (Wildman–Crippen MR) is 117 cm³/mol. The molecule has 3 aliphatic rings. The van der Waals surface area contributed by atoms with Crippen molar-refractivity contribution in [2.24, 2.45) is 0 Å². The van der Waals surface area contributed by atoms with Crippen LogP contribution in [0.4, 0.5) is 4.39 Å². The lowest BCUT2D eigenvalue weighted by molar-refractivity contribution is -0.132. The molecule has 1 atom stereocenters. The Morgan fingerprint density at radius 2 is 1.97 bits per heavy atom. The van der Waals surface area contributed by atoms with Crippen LogP contribution in [-0.4, -0.2) is 50.8 Å². The van der Waals surface area contributed by atoms with Gasteiger partial charge in [0.05, 0.1) is 34.5 Å². The fourth-order valence-electron chi connectivity index (χ4n) is 4.77. The first-order chi connectivity index (χ1) is 15.8. The molecule has 5 rings (SSSR count). The summed E-state index contributed by atoms with van der Waals surface area (Å²) in [6.45, 7) is -0.679. The molecule has 4 N–H and O–H groups in total. The van der Waals surface area contributed by atoms with Crippen LogP contribution in [0.3, 0.4) is 0 Å². The fourth-order valence-corrected chi connectivity index (χ4v) is 4.89. The second kappa shape index (κ2) is 9.24. The number of ether oxygens (including phenoxy) is 1. The van der Waals surface area contributed by atoms with E-state index in [4.69, 9.17) is 16.3 Å². The summed E-state index contributed by atoms with van der Waals surface area (Å²) in [6, 6.07) is 7.14. The summed E-state index contributed by atoms with van der Waals surface area (Å²) in [4.78, 5) is 29.4.